The van der Waals surface area contributed by atoms with Gasteiger partial charge >= 0.3 is 17.9 Å². The Morgan fingerprint density at radius 1 is 1.05 bits per heavy atom. The van der Waals surface area contributed by atoms with Crippen molar-refractivity contribution >= 4 is 29.7 Å². The molecule has 0 aliphatic carbocycles. The first-order valence-corrected chi connectivity index (χ1v) is 12.2. The van der Waals surface area contributed by atoms with Crippen LogP contribution in [0.2, 0.25) is 0 Å². The molecule has 13 heteroatoms. The van der Waals surface area contributed by atoms with E-state index in [1.54, 1.807) is 30.5 Å². The fraction of sp³-hybridized carbons (Fsp3) is 0.417. The lowest BCUT2D eigenvalue weighted by Crippen LogP contribution is -2.56. The smallest absolute Gasteiger partial charge is 0.303 e. The van der Waals surface area contributed by atoms with Gasteiger partial charge in [-0.1, -0.05) is 11.8 Å². The standard InChI is InChI=1S/C24H25N3O9S/c1-12(28)34-18-11-33-23(21(36-14(3)30)20(18)35-13(2)29)27-19(15-6-8-16(32-4)9-7-15)17(10-25)22(31)26-24(27)37-5/h6-9,18,20-21,23H,11H2,1-5H3/t18-,20-,21-,23-/m0/s1. The number of aromatic nitrogens is 2. The predicted octanol–water partition coefficient (Wildman–Crippen LogP) is 1.84. The molecule has 1 saturated heterocycles. The lowest BCUT2D eigenvalue weighted by atomic mass is 10.0. The number of ether oxygens (including phenoxy) is 5. The summed E-state index contributed by atoms with van der Waals surface area (Å²) in [6.45, 7) is 3.24. The molecule has 1 fully saturated rings. The Hall–Kier alpha value is -3.89. The van der Waals surface area contributed by atoms with Gasteiger partial charge in [-0.25, -0.2) is 0 Å². The molecule has 0 spiro atoms. The molecule has 1 aromatic heterocycles. The molecule has 196 valence electrons. The highest BCUT2D eigenvalue weighted by Gasteiger charge is 2.49. The zero-order valence-electron chi connectivity index (χ0n) is 20.8. The number of nitriles is 1. The van der Waals surface area contributed by atoms with E-state index in [1.165, 1.54) is 18.6 Å². The molecule has 0 radical (unpaired) electrons. The Kier molecular flexibility index (Phi) is 8.90. The normalized spacial score (nSPS) is 20.9. The van der Waals surface area contributed by atoms with E-state index in [4.69, 9.17) is 23.7 Å². The molecule has 0 amide bonds. The van der Waals surface area contributed by atoms with E-state index in [9.17, 15) is 24.4 Å². The Labute approximate surface area is 216 Å². The van der Waals surface area contributed by atoms with Crippen molar-refractivity contribution in [3.63, 3.8) is 0 Å². The molecule has 12 nitrogen and oxygen atoms in total. The minimum atomic E-state index is -1.33. The fourth-order valence-corrected chi connectivity index (χ4v) is 4.54. The predicted molar refractivity (Wildman–Crippen MR) is 129 cm³/mol. The number of thioether (sulfide) groups is 1. The van der Waals surface area contributed by atoms with Crippen LogP contribution in [0.1, 0.15) is 32.6 Å². The molecular formula is C24H25N3O9S. The van der Waals surface area contributed by atoms with Crippen LogP contribution in [0.4, 0.5) is 0 Å². The first-order valence-electron chi connectivity index (χ1n) is 11.0. The average molecular weight is 532 g/mol. The van der Waals surface area contributed by atoms with E-state index in [2.05, 4.69) is 4.98 Å². The van der Waals surface area contributed by atoms with Crippen LogP contribution < -0.4 is 10.3 Å². The second kappa shape index (κ2) is 11.9. The molecule has 2 heterocycles. The van der Waals surface area contributed by atoms with Crippen LogP contribution in [-0.4, -0.2) is 65.7 Å². The molecule has 4 atom stereocenters. The number of rotatable bonds is 7. The van der Waals surface area contributed by atoms with Crippen LogP contribution in [0.25, 0.3) is 11.3 Å². The van der Waals surface area contributed by atoms with Crippen LogP contribution in [0.3, 0.4) is 0 Å². The van der Waals surface area contributed by atoms with Gasteiger partial charge in [-0.2, -0.15) is 10.2 Å². The number of benzene rings is 1. The number of hydrogen-bond donors (Lipinski definition) is 0. The van der Waals surface area contributed by atoms with Gasteiger partial charge < -0.3 is 23.7 Å². The maximum absolute atomic E-state index is 12.8. The number of hydrogen-bond acceptors (Lipinski definition) is 12. The number of esters is 3. The lowest BCUT2D eigenvalue weighted by Gasteiger charge is -2.42. The molecule has 37 heavy (non-hydrogen) atoms. The number of carbonyl (C=O) groups is 3. The molecule has 3 rings (SSSR count). The first-order chi connectivity index (χ1) is 17.6. The lowest BCUT2D eigenvalue weighted by molar-refractivity contribution is -0.240. The average Bonchev–Trinajstić information content (AvgIpc) is 2.85. The van der Waals surface area contributed by atoms with E-state index in [0.29, 0.717) is 11.3 Å². The van der Waals surface area contributed by atoms with Gasteiger partial charge in [0, 0.05) is 26.3 Å². The Balaban J connectivity index is 2.30. The summed E-state index contributed by atoms with van der Waals surface area (Å²) in [7, 11) is 1.50. The minimum absolute atomic E-state index is 0.143. The highest BCUT2D eigenvalue weighted by Crippen LogP contribution is 2.37. The van der Waals surface area contributed by atoms with Crippen molar-refractivity contribution in [1.29, 1.82) is 5.26 Å². The summed E-state index contributed by atoms with van der Waals surface area (Å²) in [5, 5.41) is 10.0. The zero-order chi connectivity index (χ0) is 27.3. The van der Waals surface area contributed by atoms with Crippen molar-refractivity contribution in [2.75, 3.05) is 20.0 Å². The van der Waals surface area contributed by atoms with Gasteiger partial charge in [-0.05, 0) is 30.5 Å². The first kappa shape index (κ1) is 27.7. The van der Waals surface area contributed by atoms with Crippen molar-refractivity contribution in [1.82, 2.24) is 9.55 Å². The molecule has 1 aliphatic rings. The van der Waals surface area contributed by atoms with E-state index in [1.807, 2.05) is 6.07 Å². The van der Waals surface area contributed by atoms with Crippen molar-refractivity contribution < 1.29 is 38.1 Å². The van der Waals surface area contributed by atoms with E-state index in [0.717, 1.165) is 25.6 Å². The van der Waals surface area contributed by atoms with E-state index >= 15 is 0 Å². The Morgan fingerprint density at radius 3 is 2.16 bits per heavy atom. The molecule has 2 aromatic rings. The van der Waals surface area contributed by atoms with Gasteiger partial charge in [0.25, 0.3) is 5.56 Å². The van der Waals surface area contributed by atoms with Crippen molar-refractivity contribution in [2.45, 2.75) is 50.5 Å². The van der Waals surface area contributed by atoms with Gasteiger partial charge in [0.15, 0.2) is 29.7 Å². The third-order valence-electron chi connectivity index (χ3n) is 5.33. The molecular weight excluding hydrogens is 506 g/mol. The minimum Gasteiger partial charge on any atom is -0.497 e. The number of nitrogens with zero attached hydrogens (tertiary/aromatic N) is 3. The second-order valence-corrected chi connectivity index (χ2v) is 8.63. The number of carbonyl (C=O) groups excluding carboxylic acids is 3. The summed E-state index contributed by atoms with van der Waals surface area (Å²) in [6, 6.07) is 8.48. The highest BCUT2D eigenvalue weighted by atomic mass is 32.2. The molecule has 1 aliphatic heterocycles. The van der Waals surface area contributed by atoms with Gasteiger partial charge in [0.05, 0.1) is 19.4 Å². The molecule has 0 N–H and O–H groups in total. The zero-order valence-corrected chi connectivity index (χ0v) is 21.6. The summed E-state index contributed by atoms with van der Waals surface area (Å²) in [5.41, 5.74) is -0.449. The number of methoxy groups -OCH3 is 1. The van der Waals surface area contributed by atoms with Crippen LogP contribution in [0, 0.1) is 11.3 Å². The third-order valence-corrected chi connectivity index (χ3v) is 5.98. The second-order valence-electron chi connectivity index (χ2n) is 7.86. The van der Waals surface area contributed by atoms with Gasteiger partial charge in [0.1, 0.15) is 17.4 Å². The van der Waals surface area contributed by atoms with Crippen molar-refractivity contribution in [2.24, 2.45) is 0 Å². The third kappa shape index (κ3) is 6.10. The van der Waals surface area contributed by atoms with Crippen LogP contribution in [0.15, 0.2) is 34.2 Å². The van der Waals surface area contributed by atoms with Gasteiger partial charge in [-0.15, -0.1) is 0 Å². The van der Waals surface area contributed by atoms with Crippen molar-refractivity contribution in [3.8, 4) is 23.1 Å². The monoisotopic (exact) mass is 531 g/mol. The molecule has 0 unspecified atom stereocenters. The summed E-state index contributed by atoms with van der Waals surface area (Å²) in [6.07, 6.45) is -3.24. The highest BCUT2D eigenvalue weighted by molar-refractivity contribution is 7.98. The maximum atomic E-state index is 12.8. The largest absolute Gasteiger partial charge is 0.497 e. The Morgan fingerprint density at radius 2 is 1.65 bits per heavy atom. The summed E-state index contributed by atoms with van der Waals surface area (Å²) in [4.78, 5) is 52.6. The van der Waals surface area contributed by atoms with Gasteiger partial charge in [0.2, 0.25) is 0 Å². The molecule has 0 saturated carbocycles. The Bertz CT molecular complexity index is 1290. The van der Waals surface area contributed by atoms with Crippen LogP contribution >= 0.6 is 11.8 Å². The van der Waals surface area contributed by atoms with Crippen LogP contribution in [-0.2, 0) is 33.3 Å². The van der Waals surface area contributed by atoms with Gasteiger partial charge in [-0.3, -0.25) is 23.7 Å². The van der Waals surface area contributed by atoms with Crippen LogP contribution in [0.5, 0.6) is 5.75 Å². The van der Waals surface area contributed by atoms with Crippen molar-refractivity contribution in [3.05, 3.63) is 40.2 Å². The molecule has 1 aromatic carbocycles. The molecule has 0 bridgehead atoms. The quantitative estimate of drug-likeness (QED) is 0.221. The summed E-state index contributed by atoms with van der Waals surface area (Å²) in [5.74, 6) is -1.56. The topological polar surface area (TPSA) is 156 Å². The SMILES string of the molecule is COc1ccc(-c2c(C#N)c(=O)nc(SC)n2[C@H]2OC[C@H](OC(C)=O)[C@H](OC(C)=O)[C@@H]2OC(C)=O)cc1. The fourth-order valence-electron chi connectivity index (χ4n) is 3.97. The maximum Gasteiger partial charge on any atom is 0.303 e. The summed E-state index contributed by atoms with van der Waals surface area (Å²) >= 11 is 1.09. The van der Waals surface area contributed by atoms with E-state index in [-0.39, 0.29) is 23.0 Å². The van der Waals surface area contributed by atoms with E-state index < -0.39 is 48.0 Å². The summed E-state index contributed by atoms with van der Waals surface area (Å²) < 4.78 is 28.9.